The summed E-state index contributed by atoms with van der Waals surface area (Å²) >= 11 is 6.56. The zero-order chi connectivity index (χ0) is 9.97. The number of alkyl halides is 1. The Balaban J connectivity index is 2.00. The van der Waals surface area contributed by atoms with Crippen LogP contribution in [0.2, 0.25) is 0 Å². The maximum atomic E-state index is 11.6. The number of halogens is 1. The first-order valence-electron chi connectivity index (χ1n) is 5.50. The Morgan fingerprint density at radius 1 is 1.21 bits per heavy atom. The summed E-state index contributed by atoms with van der Waals surface area (Å²) in [5.41, 5.74) is 5.32. The summed E-state index contributed by atoms with van der Waals surface area (Å²) in [4.78, 5) is 11.5. The van der Waals surface area contributed by atoms with Crippen molar-refractivity contribution in [2.45, 2.75) is 43.4 Å². The van der Waals surface area contributed by atoms with Crippen molar-refractivity contribution in [2.75, 3.05) is 0 Å². The molecule has 2 N–H and O–H groups in total. The first-order valence-corrected chi connectivity index (χ1v) is 5.88. The van der Waals surface area contributed by atoms with Gasteiger partial charge in [-0.3, -0.25) is 4.79 Å². The fourth-order valence-corrected chi connectivity index (χ4v) is 5.13. The molecule has 4 fully saturated rings. The van der Waals surface area contributed by atoms with E-state index in [0.29, 0.717) is 11.8 Å². The molecule has 4 aliphatic rings. The Labute approximate surface area is 89.2 Å². The molecule has 2 atom stereocenters. The Kier molecular flexibility index (Phi) is 1.59. The van der Waals surface area contributed by atoms with E-state index in [0.717, 1.165) is 32.1 Å². The molecule has 0 spiro atoms. The molecule has 0 aromatic carbocycles. The minimum atomic E-state index is -0.230. The lowest BCUT2D eigenvalue weighted by Crippen LogP contribution is -2.57. The first kappa shape index (κ1) is 9.02. The van der Waals surface area contributed by atoms with Crippen molar-refractivity contribution in [1.82, 2.24) is 0 Å². The van der Waals surface area contributed by atoms with Crippen LogP contribution in [0.3, 0.4) is 0 Å². The minimum Gasteiger partial charge on any atom is -0.369 e. The Bertz CT molecular complexity index is 288. The van der Waals surface area contributed by atoms with Crippen molar-refractivity contribution >= 4 is 17.5 Å². The van der Waals surface area contributed by atoms with Crippen molar-refractivity contribution in [2.24, 2.45) is 23.0 Å². The van der Waals surface area contributed by atoms with Gasteiger partial charge in [-0.1, -0.05) is 0 Å². The summed E-state index contributed by atoms with van der Waals surface area (Å²) < 4.78 is 0. The van der Waals surface area contributed by atoms with Gasteiger partial charge in [-0.15, -0.1) is 11.6 Å². The number of amides is 1. The number of carbonyl (C=O) groups is 1. The molecule has 14 heavy (non-hydrogen) atoms. The number of hydrogen-bond donors (Lipinski definition) is 1. The minimum absolute atomic E-state index is 0.0842. The Morgan fingerprint density at radius 2 is 1.79 bits per heavy atom. The highest BCUT2D eigenvalue weighted by Gasteiger charge is 2.59. The van der Waals surface area contributed by atoms with Gasteiger partial charge in [0, 0.05) is 4.87 Å². The summed E-state index contributed by atoms with van der Waals surface area (Å²) in [7, 11) is 0. The number of primary amides is 1. The number of nitrogens with two attached hydrogens (primary N) is 1. The fraction of sp³-hybridized carbons (Fsp3) is 0.909. The van der Waals surface area contributed by atoms with E-state index in [1.54, 1.807) is 0 Å². The normalized spacial score (nSPS) is 54.9. The number of carbonyl (C=O) groups excluding carboxylic acids is 1. The van der Waals surface area contributed by atoms with Crippen LogP contribution < -0.4 is 5.73 Å². The van der Waals surface area contributed by atoms with Crippen LogP contribution in [-0.4, -0.2) is 10.8 Å². The van der Waals surface area contributed by atoms with Gasteiger partial charge in [0.05, 0.1) is 5.41 Å². The van der Waals surface area contributed by atoms with Gasteiger partial charge in [-0.05, 0) is 50.4 Å². The SMILES string of the molecule is NC(=O)C12CC3CC(CC(Cl)(C3)C1)C2. The van der Waals surface area contributed by atoms with E-state index in [2.05, 4.69) is 0 Å². The highest BCUT2D eigenvalue weighted by atomic mass is 35.5. The van der Waals surface area contributed by atoms with Crippen LogP contribution in [0, 0.1) is 17.3 Å². The smallest absolute Gasteiger partial charge is 0.223 e. The summed E-state index contributed by atoms with van der Waals surface area (Å²) in [5.74, 6) is 1.24. The van der Waals surface area contributed by atoms with Crippen LogP contribution in [0.5, 0.6) is 0 Å². The Hall–Kier alpha value is -0.240. The van der Waals surface area contributed by atoms with Crippen molar-refractivity contribution in [3.05, 3.63) is 0 Å². The second kappa shape index (κ2) is 2.46. The molecule has 0 aromatic rings. The second-order valence-corrected chi connectivity index (χ2v) is 6.56. The maximum absolute atomic E-state index is 11.6. The van der Waals surface area contributed by atoms with Gasteiger partial charge in [-0.25, -0.2) is 0 Å². The summed E-state index contributed by atoms with van der Waals surface area (Å²) in [6, 6.07) is 0. The summed E-state index contributed by atoms with van der Waals surface area (Å²) in [6.45, 7) is 0. The highest BCUT2D eigenvalue weighted by molar-refractivity contribution is 6.24. The molecule has 4 bridgehead atoms. The third-order valence-corrected chi connectivity index (χ3v) is 4.95. The standard InChI is InChI=1S/C11H16ClNO/c12-11-4-7-1-8(5-11)3-10(2-7,6-11)9(13)14/h7-8H,1-6H2,(H2,13,14). The predicted molar refractivity (Wildman–Crippen MR) is 54.9 cm³/mol. The molecule has 0 aromatic heterocycles. The molecule has 3 heteroatoms. The lowest BCUT2D eigenvalue weighted by Gasteiger charge is -2.58. The van der Waals surface area contributed by atoms with E-state index in [4.69, 9.17) is 17.3 Å². The van der Waals surface area contributed by atoms with Crippen LogP contribution in [0.1, 0.15) is 38.5 Å². The molecule has 2 unspecified atom stereocenters. The van der Waals surface area contributed by atoms with E-state index in [9.17, 15) is 4.79 Å². The summed E-state index contributed by atoms with van der Waals surface area (Å²) in [6.07, 6.45) is 6.36. The molecule has 78 valence electrons. The molecule has 4 rings (SSSR count). The van der Waals surface area contributed by atoms with Crippen molar-refractivity contribution in [3.8, 4) is 0 Å². The zero-order valence-electron chi connectivity index (χ0n) is 8.26. The van der Waals surface area contributed by atoms with E-state index >= 15 is 0 Å². The van der Waals surface area contributed by atoms with Gasteiger partial charge < -0.3 is 5.73 Å². The van der Waals surface area contributed by atoms with Gasteiger partial charge >= 0.3 is 0 Å². The van der Waals surface area contributed by atoms with Crippen LogP contribution in [-0.2, 0) is 4.79 Å². The van der Waals surface area contributed by atoms with Gasteiger partial charge in [-0.2, -0.15) is 0 Å². The molecule has 0 saturated heterocycles. The highest BCUT2D eigenvalue weighted by Crippen LogP contribution is 2.63. The predicted octanol–water partition coefficient (Wildman–Crippen LogP) is 2.05. The average molecular weight is 214 g/mol. The van der Waals surface area contributed by atoms with Crippen LogP contribution in [0.15, 0.2) is 0 Å². The topological polar surface area (TPSA) is 43.1 Å². The van der Waals surface area contributed by atoms with Gasteiger partial charge in [0.2, 0.25) is 5.91 Å². The molecule has 2 nitrogen and oxygen atoms in total. The molecule has 4 aliphatic carbocycles. The van der Waals surface area contributed by atoms with Crippen LogP contribution in [0.25, 0.3) is 0 Å². The Morgan fingerprint density at radius 3 is 2.21 bits per heavy atom. The van der Waals surface area contributed by atoms with E-state index in [-0.39, 0.29) is 16.2 Å². The quantitative estimate of drug-likeness (QED) is 0.666. The van der Waals surface area contributed by atoms with Crippen molar-refractivity contribution < 1.29 is 4.79 Å². The molecule has 1 amide bonds. The van der Waals surface area contributed by atoms with Crippen molar-refractivity contribution in [3.63, 3.8) is 0 Å². The van der Waals surface area contributed by atoms with Gasteiger partial charge in [0.1, 0.15) is 0 Å². The molecule has 0 heterocycles. The van der Waals surface area contributed by atoms with Crippen LogP contribution >= 0.6 is 11.6 Å². The number of rotatable bonds is 1. The van der Waals surface area contributed by atoms with E-state index < -0.39 is 0 Å². The molecular formula is C11H16ClNO. The fourth-order valence-electron chi connectivity index (χ4n) is 4.44. The second-order valence-electron chi connectivity index (χ2n) is 5.76. The van der Waals surface area contributed by atoms with E-state index in [1.165, 1.54) is 6.42 Å². The molecular weight excluding hydrogens is 198 g/mol. The number of hydrogen-bond acceptors (Lipinski definition) is 1. The van der Waals surface area contributed by atoms with Crippen molar-refractivity contribution in [1.29, 1.82) is 0 Å². The molecule has 4 saturated carbocycles. The van der Waals surface area contributed by atoms with Crippen LogP contribution in [0.4, 0.5) is 0 Å². The first-order chi connectivity index (χ1) is 6.51. The monoisotopic (exact) mass is 213 g/mol. The average Bonchev–Trinajstić information content (AvgIpc) is 1.98. The summed E-state index contributed by atoms with van der Waals surface area (Å²) in [5, 5.41) is 0. The van der Waals surface area contributed by atoms with Gasteiger partial charge in [0.25, 0.3) is 0 Å². The largest absolute Gasteiger partial charge is 0.369 e. The van der Waals surface area contributed by atoms with E-state index in [1.807, 2.05) is 0 Å². The molecule has 0 radical (unpaired) electrons. The third-order valence-electron chi connectivity index (χ3n) is 4.51. The molecule has 0 aliphatic heterocycles. The lowest BCUT2D eigenvalue weighted by atomic mass is 9.49. The maximum Gasteiger partial charge on any atom is 0.223 e. The van der Waals surface area contributed by atoms with Gasteiger partial charge in [0.15, 0.2) is 0 Å². The third kappa shape index (κ3) is 1.06. The zero-order valence-corrected chi connectivity index (χ0v) is 9.02. The lowest BCUT2D eigenvalue weighted by molar-refractivity contribution is -0.141.